The van der Waals surface area contributed by atoms with Gasteiger partial charge in [-0.1, -0.05) is 18.9 Å². The first-order valence-corrected chi connectivity index (χ1v) is 14.4. The molecule has 0 bridgehead atoms. The van der Waals surface area contributed by atoms with Gasteiger partial charge in [-0.2, -0.15) is 5.10 Å². The van der Waals surface area contributed by atoms with Crippen LogP contribution >= 0.6 is 0 Å². The summed E-state index contributed by atoms with van der Waals surface area (Å²) in [6.07, 6.45) is 10.8. The van der Waals surface area contributed by atoms with Crippen LogP contribution in [0.1, 0.15) is 47.4 Å². The largest absolute Gasteiger partial charge is 0.319 e. The fourth-order valence-corrected chi connectivity index (χ4v) is 5.67. The van der Waals surface area contributed by atoms with Gasteiger partial charge < -0.3 is 10.2 Å². The SMILES string of the molecule is CN1CCN(Cc2ccc(NC(=O)c3n[nH]c4ccc(-c5cncc(CN6CCCCCC6)c5)cc34)cn2)CC1. The second kappa shape index (κ2) is 12.2. The third-order valence-corrected chi connectivity index (χ3v) is 8.08. The topological polar surface area (TPSA) is 93.3 Å². The molecule has 5 heterocycles. The third kappa shape index (κ3) is 6.38. The van der Waals surface area contributed by atoms with Crippen LogP contribution in [0.3, 0.4) is 0 Å². The van der Waals surface area contributed by atoms with Crippen LogP contribution in [0.5, 0.6) is 0 Å². The van der Waals surface area contributed by atoms with Gasteiger partial charge in [0, 0.05) is 62.6 Å². The van der Waals surface area contributed by atoms with Crippen molar-refractivity contribution in [2.75, 3.05) is 51.6 Å². The van der Waals surface area contributed by atoms with Gasteiger partial charge in [0.25, 0.3) is 5.91 Å². The van der Waals surface area contributed by atoms with Crippen molar-refractivity contribution in [1.29, 1.82) is 0 Å². The summed E-state index contributed by atoms with van der Waals surface area (Å²) < 4.78 is 0. The molecule has 40 heavy (non-hydrogen) atoms. The standard InChI is InChI=1S/C31H38N8O/c1-37-12-14-39(15-13-37)22-27-8-7-26(20-33-27)34-31(40)30-28-17-24(6-9-29(28)35-36-30)25-16-23(18-32-19-25)21-38-10-4-2-3-5-11-38/h6-9,16-20H,2-5,10-15,21-22H2,1H3,(H,34,40)(H,35,36). The number of H-pyrrole nitrogens is 1. The van der Waals surface area contributed by atoms with Gasteiger partial charge >= 0.3 is 0 Å². The Bertz CT molecular complexity index is 1430. The number of likely N-dealkylation sites (N-methyl/N-ethyl adjacent to an activating group) is 1. The number of hydrogen-bond acceptors (Lipinski definition) is 7. The molecule has 9 nitrogen and oxygen atoms in total. The highest BCUT2D eigenvalue weighted by atomic mass is 16.1. The fourth-order valence-electron chi connectivity index (χ4n) is 5.67. The number of piperazine rings is 1. The van der Waals surface area contributed by atoms with E-state index >= 15 is 0 Å². The Hall–Kier alpha value is -3.66. The number of likely N-dealkylation sites (tertiary alicyclic amines) is 1. The maximum absolute atomic E-state index is 13.2. The molecule has 3 aromatic heterocycles. The smallest absolute Gasteiger partial charge is 0.276 e. The molecule has 9 heteroatoms. The third-order valence-electron chi connectivity index (χ3n) is 8.08. The highest BCUT2D eigenvalue weighted by Crippen LogP contribution is 2.27. The predicted octanol–water partition coefficient (Wildman–Crippen LogP) is 4.40. The molecule has 0 aliphatic carbocycles. The first-order chi connectivity index (χ1) is 19.6. The van der Waals surface area contributed by atoms with Crippen molar-refractivity contribution in [2.24, 2.45) is 0 Å². The van der Waals surface area contributed by atoms with Crippen molar-refractivity contribution in [1.82, 2.24) is 34.9 Å². The number of nitrogens with zero attached hydrogens (tertiary/aromatic N) is 6. The highest BCUT2D eigenvalue weighted by molar-refractivity contribution is 6.11. The second-order valence-corrected chi connectivity index (χ2v) is 11.2. The van der Waals surface area contributed by atoms with E-state index < -0.39 is 0 Å². The lowest BCUT2D eigenvalue weighted by atomic mass is 10.0. The zero-order valence-electron chi connectivity index (χ0n) is 23.3. The zero-order valence-corrected chi connectivity index (χ0v) is 23.3. The van der Waals surface area contributed by atoms with Crippen LogP contribution in [0.25, 0.3) is 22.0 Å². The van der Waals surface area contributed by atoms with Crippen LogP contribution in [0.15, 0.2) is 55.0 Å². The van der Waals surface area contributed by atoms with Gasteiger partial charge in [-0.05, 0) is 74.4 Å². The highest BCUT2D eigenvalue weighted by Gasteiger charge is 2.17. The van der Waals surface area contributed by atoms with E-state index in [1.165, 1.54) is 31.2 Å². The molecule has 0 radical (unpaired) electrons. The molecule has 0 saturated carbocycles. The van der Waals surface area contributed by atoms with Gasteiger partial charge in [0.15, 0.2) is 5.69 Å². The lowest BCUT2D eigenvalue weighted by Gasteiger charge is -2.32. The van der Waals surface area contributed by atoms with Gasteiger partial charge in [0.05, 0.1) is 23.1 Å². The minimum atomic E-state index is -0.259. The molecule has 0 spiro atoms. The molecule has 4 aromatic rings. The number of benzene rings is 1. The molecule has 2 N–H and O–H groups in total. The van der Waals surface area contributed by atoms with Crippen molar-refractivity contribution in [3.63, 3.8) is 0 Å². The van der Waals surface area contributed by atoms with Crippen molar-refractivity contribution in [2.45, 2.75) is 38.8 Å². The van der Waals surface area contributed by atoms with Crippen molar-refractivity contribution < 1.29 is 4.79 Å². The second-order valence-electron chi connectivity index (χ2n) is 11.2. The summed E-state index contributed by atoms with van der Waals surface area (Å²) in [5.74, 6) is -0.259. The van der Waals surface area contributed by atoms with E-state index in [4.69, 9.17) is 0 Å². The van der Waals surface area contributed by atoms with Crippen LogP contribution in [0.2, 0.25) is 0 Å². The summed E-state index contributed by atoms with van der Waals surface area (Å²) in [6.45, 7) is 8.29. The Morgan fingerprint density at radius 3 is 2.42 bits per heavy atom. The average Bonchev–Trinajstić information content (AvgIpc) is 3.24. The Morgan fingerprint density at radius 2 is 1.65 bits per heavy atom. The molecule has 6 rings (SSSR count). The Labute approximate surface area is 235 Å². The molecule has 1 amide bonds. The van der Waals surface area contributed by atoms with Gasteiger partial charge in [0.2, 0.25) is 0 Å². The number of aromatic nitrogens is 4. The molecule has 0 atom stereocenters. The fraction of sp³-hybridized carbons (Fsp3) is 0.419. The van der Waals surface area contributed by atoms with Crippen LogP contribution in [-0.2, 0) is 13.1 Å². The Morgan fingerprint density at radius 1 is 0.850 bits per heavy atom. The monoisotopic (exact) mass is 538 g/mol. The van der Waals surface area contributed by atoms with Crippen molar-refractivity contribution >= 4 is 22.5 Å². The number of pyridine rings is 2. The summed E-state index contributed by atoms with van der Waals surface area (Å²) in [5, 5.41) is 11.1. The molecular weight excluding hydrogens is 500 g/mol. The molecule has 0 unspecified atom stereocenters. The van der Waals surface area contributed by atoms with Crippen molar-refractivity contribution in [3.8, 4) is 11.1 Å². The number of carbonyl (C=O) groups is 1. The quantitative estimate of drug-likeness (QED) is 0.360. The average molecular weight is 539 g/mol. The zero-order chi connectivity index (χ0) is 27.3. The van der Waals surface area contributed by atoms with E-state index in [-0.39, 0.29) is 5.91 Å². The maximum Gasteiger partial charge on any atom is 0.276 e. The van der Waals surface area contributed by atoms with E-state index in [2.05, 4.69) is 59.4 Å². The van der Waals surface area contributed by atoms with Crippen LogP contribution in [0.4, 0.5) is 5.69 Å². The van der Waals surface area contributed by atoms with Crippen LogP contribution < -0.4 is 5.32 Å². The summed E-state index contributed by atoms with van der Waals surface area (Å²) in [5.41, 5.74) is 6.13. The number of aromatic amines is 1. The molecule has 2 fully saturated rings. The summed E-state index contributed by atoms with van der Waals surface area (Å²) in [4.78, 5) is 29.6. The summed E-state index contributed by atoms with van der Waals surface area (Å²) in [6, 6.07) is 12.2. The van der Waals surface area contributed by atoms with Gasteiger partial charge in [-0.3, -0.25) is 29.7 Å². The first-order valence-electron chi connectivity index (χ1n) is 14.4. The number of rotatable bonds is 7. The number of carbonyl (C=O) groups excluding carboxylic acids is 1. The van der Waals surface area contributed by atoms with E-state index in [0.717, 1.165) is 80.1 Å². The minimum absolute atomic E-state index is 0.259. The normalized spacial score (nSPS) is 17.6. The Kier molecular flexibility index (Phi) is 8.13. The van der Waals surface area contributed by atoms with Gasteiger partial charge in [-0.25, -0.2) is 0 Å². The lowest BCUT2D eigenvalue weighted by Crippen LogP contribution is -2.43. The van der Waals surface area contributed by atoms with Gasteiger partial charge in [-0.15, -0.1) is 0 Å². The predicted molar refractivity (Wildman–Crippen MR) is 158 cm³/mol. The summed E-state index contributed by atoms with van der Waals surface area (Å²) in [7, 11) is 2.16. The van der Waals surface area contributed by atoms with Crippen molar-refractivity contribution in [3.05, 3.63) is 71.9 Å². The van der Waals surface area contributed by atoms with Crippen LogP contribution in [0, 0.1) is 0 Å². The van der Waals surface area contributed by atoms with E-state index in [0.29, 0.717) is 11.4 Å². The molecule has 2 aliphatic heterocycles. The number of anilines is 1. The van der Waals surface area contributed by atoms with Gasteiger partial charge in [0.1, 0.15) is 0 Å². The first kappa shape index (κ1) is 26.6. The maximum atomic E-state index is 13.2. The molecular formula is C31H38N8O. The van der Waals surface area contributed by atoms with E-state index in [1.54, 1.807) is 6.20 Å². The van der Waals surface area contributed by atoms with Crippen LogP contribution in [-0.4, -0.2) is 87.1 Å². The van der Waals surface area contributed by atoms with E-state index in [1.807, 2.05) is 36.7 Å². The number of amides is 1. The van der Waals surface area contributed by atoms with E-state index in [9.17, 15) is 4.79 Å². The Balaban J connectivity index is 1.14. The molecule has 208 valence electrons. The molecule has 2 saturated heterocycles. The molecule has 1 aromatic carbocycles. The molecule has 2 aliphatic rings. The minimum Gasteiger partial charge on any atom is -0.319 e. The lowest BCUT2D eigenvalue weighted by molar-refractivity contribution is 0.102. The summed E-state index contributed by atoms with van der Waals surface area (Å²) >= 11 is 0. The number of fused-ring (bicyclic) bond motifs is 1. The number of hydrogen-bond donors (Lipinski definition) is 2. The number of nitrogens with one attached hydrogen (secondary N) is 2.